The van der Waals surface area contributed by atoms with E-state index in [-0.39, 0.29) is 18.3 Å². The summed E-state index contributed by atoms with van der Waals surface area (Å²) in [4.78, 5) is 26.3. The van der Waals surface area contributed by atoms with Crippen molar-refractivity contribution in [3.05, 3.63) is 65.9 Å². The molecule has 0 N–H and O–H groups in total. The van der Waals surface area contributed by atoms with Gasteiger partial charge in [0.1, 0.15) is 5.58 Å². The van der Waals surface area contributed by atoms with Crippen LogP contribution >= 0.6 is 0 Å². The number of hydrogen-bond acceptors (Lipinski definition) is 4. The summed E-state index contributed by atoms with van der Waals surface area (Å²) in [6.45, 7) is 3.82. The molecule has 1 amide bonds. The number of benzene rings is 2. The molecule has 1 heterocycles. The first-order chi connectivity index (χ1) is 12.1. The van der Waals surface area contributed by atoms with E-state index in [1.807, 2.05) is 55.5 Å². The van der Waals surface area contributed by atoms with Gasteiger partial charge in [0.2, 0.25) is 5.76 Å². The van der Waals surface area contributed by atoms with Crippen LogP contribution in [-0.2, 0) is 9.53 Å². The quantitative estimate of drug-likeness (QED) is 0.661. The predicted octanol–water partition coefficient (Wildman–Crippen LogP) is 3.95. The van der Waals surface area contributed by atoms with Crippen LogP contribution in [0.3, 0.4) is 0 Å². The Kier molecular flexibility index (Phi) is 4.84. The fourth-order valence-corrected chi connectivity index (χ4v) is 2.75. The number of furan rings is 1. The van der Waals surface area contributed by atoms with Gasteiger partial charge in [0.15, 0.2) is 6.61 Å². The minimum atomic E-state index is -0.633. The minimum absolute atomic E-state index is 0.136. The third-order valence-corrected chi connectivity index (χ3v) is 4.04. The van der Waals surface area contributed by atoms with Gasteiger partial charge in [-0.05, 0) is 32.0 Å². The van der Waals surface area contributed by atoms with Crippen molar-refractivity contribution in [1.29, 1.82) is 0 Å². The van der Waals surface area contributed by atoms with Gasteiger partial charge in [0.25, 0.3) is 5.91 Å². The Hall–Kier alpha value is -3.08. The van der Waals surface area contributed by atoms with E-state index in [4.69, 9.17) is 9.15 Å². The highest BCUT2D eigenvalue weighted by molar-refractivity contribution is 5.99. The van der Waals surface area contributed by atoms with Crippen molar-refractivity contribution in [1.82, 2.24) is 0 Å². The van der Waals surface area contributed by atoms with Gasteiger partial charge in [-0.1, -0.05) is 36.4 Å². The fraction of sp³-hybridized carbons (Fsp3) is 0.200. The predicted molar refractivity (Wildman–Crippen MR) is 95.7 cm³/mol. The Morgan fingerprint density at radius 3 is 2.40 bits per heavy atom. The molecular weight excluding hydrogens is 318 g/mol. The second kappa shape index (κ2) is 7.21. The number of likely N-dealkylation sites (N-methyl/N-ethyl adjacent to an activating group) is 1. The van der Waals surface area contributed by atoms with Gasteiger partial charge >= 0.3 is 5.97 Å². The van der Waals surface area contributed by atoms with Gasteiger partial charge in [0.05, 0.1) is 0 Å². The SMILES string of the molecule is CCN(C(=O)COC(=O)c1oc2ccccc2c1C)c1ccccc1. The number of amides is 1. The lowest BCUT2D eigenvalue weighted by Crippen LogP contribution is -2.34. The first-order valence-electron chi connectivity index (χ1n) is 8.12. The van der Waals surface area contributed by atoms with E-state index in [1.165, 1.54) is 0 Å². The van der Waals surface area contributed by atoms with E-state index in [2.05, 4.69) is 0 Å². The number of aryl methyl sites for hydroxylation is 1. The molecule has 0 fully saturated rings. The number of hydrogen-bond donors (Lipinski definition) is 0. The van der Waals surface area contributed by atoms with Crippen molar-refractivity contribution in [2.75, 3.05) is 18.1 Å². The second-order valence-electron chi connectivity index (χ2n) is 5.60. The molecule has 0 saturated heterocycles. The van der Waals surface area contributed by atoms with Gasteiger partial charge in [-0.3, -0.25) is 4.79 Å². The maximum absolute atomic E-state index is 12.4. The van der Waals surface area contributed by atoms with E-state index in [0.29, 0.717) is 17.7 Å². The van der Waals surface area contributed by atoms with E-state index >= 15 is 0 Å². The molecule has 5 heteroatoms. The van der Waals surface area contributed by atoms with Gasteiger partial charge in [-0.15, -0.1) is 0 Å². The molecule has 0 unspecified atom stereocenters. The Morgan fingerprint density at radius 1 is 1.04 bits per heavy atom. The average Bonchev–Trinajstić information content (AvgIpc) is 2.98. The number of fused-ring (bicyclic) bond motifs is 1. The number of nitrogens with zero attached hydrogens (tertiary/aromatic N) is 1. The number of carbonyl (C=O) groups is 2. The monoisotopic (exact) mass is 337 g/mol. The largest absolute Gasteiger partial charge is 0.450 e. The van der Waals surface area contributed by atoms with Crippen LogP contribution < -0.4 is 4.90 Å². The molecule has 25 heavy (non-hydrogen) atoms. The summed E-state index contributed by atoms with van der Waals surface area (Å²) in [5.74, 6) is -0.779. The smallest absolute Gasteiger partial charge is 0.375 e. The molecule has 3 rings (SSSR count). The second-order valence-corrected chi connectivity index (χ2v) is 5.60. The van der Waals surface area contributed by atoms with Crippen molar-refractivity contribution in [3.8, 4) is 0 Å². The number of carbonyl (C=O) groups excluding carboxylic acids is 2. The van der Waals surface area contributed by atoms with Crippen LogP contribution in [0.15, 0.2) is 59.0 Å². The Bertz CT molecular complexity index is 898. The van der Waals surface area contributed by atoms with Gasteiger partial charge in [-0.2, -0.15) is 0 Å². The van der Waals surface area contributed by atoms with Crippen molar-refractivity contribution < 1.29 is 18.7 Å². The highest BCUT2D eigenvalue weighted by Gasteiger charge is 2.21. The molecule has 0 aliphatic rings. The first kappa shape index (κ1) is 16.8. The van der Waals surface area contributed by atoms with Crippen LogP contribution in [0.1, 0.15) is 23.0 Å². The zero-order valence-corrected chi connectivity index (χ0v) is 14.2. The number of ether oxygens (including phenoxy) is 1. The van der Waals surface area contributed by atoms with Crippen molar-refractivity contribution in [2.45, 2.75) is 13.8 Å². The van der Waals surface area contributed by atoms with E-state index in [1.54, 1.807) is 17.9 Å². The summed E-state index contributed by atoms with van der Waals surface area (Å²) in [5, 5.41) is 0.861. The van der Waals surface area contributed by atoms with E-state index < -0.39 is 5.97 Å². The van der Waals surface area contributed by atoms with Gasteiger partial charge in [0, 0.05) is 23.2 Å². The molecule has 0 spiro atoms. The van der Waals surface area contributed by atoms with Crippen LogP contribution in [0, 0.1) is 6.92 Å². The summed E-state index contributed by atoms with van der Waals surface area (Å²) in [7, 11) is 0. The highest BCUT2D eigenvalue weighted by atomic mass is 16.5. The van der Waals surface area contributed by atoms with E-state index in [9.17, 15) is 9.59 Å². The molecule has 128 valence electrons. The molecule has 0 bridgehead atoms. The molecule has 1 aromatic heterocycles. The van der Waals surface area contributed by atoms with Crippen LogP contribution in [0.4, 0.5) is 5.69 Å². The topological polar surface area (TPSA) is 59.8 Å². The van der Waals surface area contributed by atoms with Crippen LogP contribution in [-0.4, -0.2) is 25.0 Å². The molecule has 0 atom stereocenters. The number of anilines is 1. The van der Waals surface area contributed by atoms with Crippen molar-refractivity contribution >= 4 is 28.5 Å². The van der Waals surface area contributed by atoms with Crippen molar-refractivity contribution in [2.24, 2.45) is 0 Å². The molecule has 0 aliphatic carbocycles. The van der Waals surface area contributed by atoms with Gasteiger partial charge < -0.3 is 14.1 Å². The number of para-hydroxylation sites is 2. The third kappa shape index (κ3) is 3.40. The van der Waals surface area contributed by atoms with E-state index in [0.717, 1.165) is 11.1 Å². The lowest BCUT2D eigenvalue weighted by molar-refractivity contribution is -0.121. The summed E-state index contributed by atoms with van der Waals surface area (Å²) in [6, 6.07) is 16.7. The van der Waals surface area contributed by atoms with Crippen LogP contribution in [0.25, 0.3) is 11.0 Å². The normalized spacial score (nSPS) is 10.6. The Balaban J connectivity index is 1.70. The maximum atomic E-state index is 12.4. The summed E-state index contributed by atoms with van der Waals surface area (Å²) >= 11 is 0. The Labute approximate surface area is 145 Å². The third-order valence-electron chi connectivity index (χ3n) is 4.04. The summed E-state index contributed by atoms with van der Waals surface area (Å²) < 4.78 is 10.7. The Morgan fingerprint density at radius 2 is 1.72 bits per heavy atom. The molecule has 0 aliphatic heterocycles. The highest BCUT2D eigenvalue weighted by Crippen LogP contribution is 2.25. The minimum Gasteiger partial charge on any atom is -0.450 e. The maximum Gasteiger partial charge on any atom is 0.375 e. The van der Waals surface area contributed by atoms with Crippen LogP contribution in [0.2, 0.25) is 0 Å². The number of rotatable bonds is 5. The van der Waals surface area contributed by atoms with Crippen LogP contribution in [0.5, 0.6) is 0 Å². The molecule has 0 saturated carbocycles. The fourth-order valence-electron chi connectivity index (χ4n) is 2.75. The number of esters is 1. The molecule has 2 aromatic carbocycles. The summed E-state index contributed by atoms with van der Waals surface area (Å²) in [5.41, 5.74) is 2.10. The van der Waals surface area contributed by atoms with Gasteiger partial charge in [-0.25, -0.2) is 4.79 Å². The zero-order valence-electron chi connectivity index (χ0n) is 14.2. The lowest BCUT2D eigenvalue weighted by atomic mass is 10.1. The van der Waals surface area contributed by atoms with Crippen molar-refractivity contribution in [3.63, 3.8) is 0 Å². The molecule has 3 aromatic rings. The standard InChI is InChI=1S/C20H19NO4/c1-3-21(15-9-5-4-6-10-15)18(22)13-24-20(23)19-14(2)16-11-7-8-12-17(16)25-19/h4-12H,3,13H2,1-2H3. The lowest BCUT2D eigenvalue weighted by Gasteiger charge is -2.20. The zero-order chi connectivity index (χ0) is 17.8. The summed E-state index contributed by atoms with van der Waals surface area (Å²) in [6.07, 6.45) is 0. The average molecular weight is 337 g/mol. The molecule has 0 radical (unpaired) electrons. The molecular formula is C20H19NO4. The molecule has 5 nitrogen and oxygen atoms in total. The first-order valence-corrected chi connectivity index (χ1v) is 8.12.